The molecule has 1 heterocycles. The maximum absolute atomic E-state index is 9.26. The van der Waals surface area contributed by atoms with E-state index in [0.29, 0.717) is 40.1 Å². The Morgan fingerprint density at radius 1 is 0.811 bits per heavy atom. The van der Waals surface area contributed by atoms with Crippen molar-refractivity contribution in [3.05, 3.63) is 71.9 Å². The second-order valence-electron chi connectivity index (χ2n) is 7.83. The van der Waals surface area contributed by atoms with E-state index >= 15 is 0 Å². The van der Waals surface area contributed by atoms with Gasteiger partial charge in [0.1, 0.15) is 0 Å². The van der Waals surface area contributed by atoms with Gasteiger partial charge in [0.2, 0.25) is 5.75 Å². The molecule has 1 aromatic heterocycles. The van der Waals surface area contributed by atoms with Crippen molar-refractivity contribution < 1.29 is 23.7 Å². The van der Waals surface area contributed by atoms with Crippen LogP contribution >= 0.6 is 11.8 Å². The highest BCUT2D eigenvalue weighted by atomic mass is 32.2. The highest BCUT2D eigenvalue weighted by Gasteiger charge is 2.19. The minimum Gasteiger partial charge on any atom is -0.493 e. The first-order chi connectivity index (χ1) is 18.0. The molecule has 0 fully saturated rings. The summed E-state index contributed by atoms with van der Waals surface area (Å²) in [5.41, 5.74) is 4.04. The zero-order valence-electron chi connectivity index (χ0n) is 21.3. The predicted octanol–water partition coefficient (Wildman–Crippen LogP) is 5.75. The Bertz CT molecular complexity index is 1420. The van der Waals surface area contributed by atoms with Gasteiger partial charge in [-0.05, 0) is 42.0 Å². The van der Waals surface area contributed by atoms with Gasteiger partial charge in [-0.15, -0.1) is 0 Å². The Balaban J connectivity index is 1.80. The second kappa shape index (κ2) is 11.6. The van der Waals surface area contributed by atoms with Gasteiger partial charge >= 0.3 is 0 Å². The van der Waals surface area contributed by atoms with Crippen LogP contribution in [0.15, 0.2) is 66.0 Å². The lowest BCUT2D eigenvalue weighted by Gasteiger charge is -2.13. The van der Waals surface area contributed by atoms with Crippen LogP contribution in [0, 0.1) is 11.3 Å². The number of aromatic nitrogens is 2. The van der Waals surface area contributed by atoms with E-state index in [2.05, 4.69) is 6.07 Å². The van der Waals surface area contributed by atoms with Crippen molar-refractivity contribution in [2.24, 2.45) is 0 Å². The summed E-state index contributed by atoms with van der Waals surface area (Å²) in [6.07, 6.45) is 1.95. The maximum Gasteiger partial charge on any atom is 0.203 e. The average Bonchev–Trinajstić information content (AvgIpc) is 3.39. The molecule has 0 saturated heterocycles. The van der Waals surface area contributed by atoms with E-state index < -0.39 is 0 Å². The third-order valence-corrected chi connectivity index (χ3v) is 6.73. The van der Waals surface area contributed by atoms with Crippen molar-refractivity contribution in [2.75, 3.05) is 35.5 Å². The number of rotatable bonds is 10. The number of nitrogens with zero attached hydrogens (tertiary/aromatic N) is 3. The number of imidazole rings is 1. The molecule has 0 radical (unpaired) electrons. The van der Waals surface area contributed by atoms with Crippen LogP contribution in [0.2, 0.25) is 0 Å². The van der Waals surface area contributed by atoms with Gasteiger partial charge < -0.3 is 23.7 Å². The van der Waals surface area contributed by atoms with Crippen LogP contribution in [0.3, 0.4) is 0 Å². The van der Waals surface area contributed by atoms with Gasteiger partial charge in [-0.1, -0.05) is 23.9 Å². The van der Waals surface area contributed by atoms with Gasteiger partial charge in [0, 0.05) is 23.6 Å². The molecule has 0 bridgehead atoms. The molecule has 0 unspecified atom stereocenters. The van der Waals surface area contributed by atoms with Gasteiger partial charge in [0.15, 0.2) is 28.2 Å². The number of benzene rings is 3. The topological polar surface area (TPSA) is 87.8 Å². The number of ether oxygens (including phenoxy) is 5. The van der Waals surface area contributed by atoms with Crippen LogP contribution in [0.5, 0.6) is 28.7 Å². The molecule has 37 heavy (non-hydrogen) atoms. The van der Waals surface area contributed by atoms with E-state index in [4.69, 9.17) is 28.7 Å². The molecule has 0 atom stereocenters. The molecule has 9 heteroatoms. The fraction of sp³-hybridized carbons (Fsp3) is 0.214. The summed E-state index contributed by atoms with van der Waals surface area (Å²) in [7, 11) is 7.95. The third kappa shape index (κ3) is 5.44. The second-order valence-corrected chi connectivity index (χ2v) is 8.78. The monoisotopic (exact) mass is 517 g/mol. The van der Waals surface area contributed by atoms with E-state index in [1.807, 2.05) is 59.3 Å². The van der Waals surface area contributed by atoms with Crippen molar-refractivity contribution in [2.45, 2.75) is 10.9 Å². The minimum atomic E-state index is 0.514. The molecule has 0 aliphatic heterocycles. The van der Waals surface area contributed by atoms with Crippen LogP contribution in [0.25, 0.3) is 16.9 Å². The Labute approximate surface area is 220 Å². The fourth-order valence-electron chi connectivity index (χ4n) is 3.87. The SMILES string of the molecule is COc1ccc(-n2cc(-c3cc(OC)c(OC)c(OC)c3)nc2SCc2cccc(C#N)c2)cc1OC. The highest BCUT2D eigenvalue weighted by Crippen LogP contribution is 2.42. The van der Waals surface area contributed by atoms with E-state index in [-0.39, 0.29) is 0 Å². The lowest BCUT2D eigenvalue weighted by atomic mass is 10.1. The average molecular weight is 518 g/mol. The highest BCUT2D eigenvalue weighted by molar-refractivity contribution is 7.98. The first kappa shape index (κ1) is 25.8. The van der Waals surface area contributed by atoms with Gasteiger partial charge in [0.05, 0.1) is 58.6 Å². The zero-order valence-corrected chi connectivity index (χ0v) is 22.1. The Kier molecular flexibility index (Phi) is 8.11. The maximum atomic E-state index is 9.26. The van der Waals surface area contributed by atoms with Crippen LogP contribution in [0.1, 0.15) is 11.1 Å². The molecule has 0 N–H and O–H groups in total. The van der Waals surface area contributed by atoms with E-state index in [1.165, 1.54) is 0 Å². The van der Waals surface area contributed by atoms with Gasteiger partial charge in [-0.3, -0.25) is 4.57 Å². The lowest BCUT2D eigenvalue weighted by molar-refractivity contribution is 0.324. The molecule has 0 spiro atoms. The van der Waals surface area contributed by atoms with E-state index in [1.54, 1.807) is 53.4 Å². The van der Waals surface area contributed by atoms with Crippen LogP contribution in [-0.2, 0) is 5.75 Å². The van der Waals surface area contributed by atoms with Crippen molar-refractivity contribution in [3.63, 3.8) is 0 Å². The molecule has 190 valence electrons. The molecule has 0 amide bonds. The van der Waals surface area contributed by atoms with E-state index in [0.717, 1.165) is 27.7 Å². The Hall–Kier alpha value is -4.29. The Morgan fingerprint density at radius 2 is 1.51 bits per heavy atom. The van der Waals surface area contributed by atoms with Crippen molar-refractivity contribution in [1.29, 1.82) is 5.26 Å². The normalized spacial score (nSPS) is 10.5. The van der Waals surface area contributed by atoms with Gasteiger partial charge in [0.25, 0.3) is 0 Å². The molecule has 0 saturated carbocycles. The fourth-order valence-corrected chi connectivity index (χ4v) is 4.81. The first-order valence-electron chi connectivity index (χ1n) is 11.3. The van der Waals surface area contributed by atoms with Crippen molar-refractivity contribution in [3.8, 4) is 51.8 Å². The quantitative estimate of drug-likeness (QED) is 0.246. The molecule has 0 aliphatic carbocycles. The van der Waals surface area contributed by atoms with Gasteiger partial charge in [-0.2, -0.15) is 5.26 Å². The molecular weight excluding hydrogens is 490 g/mol. The predicted molar refractivity (Wildman–Crippen MR) is 142 cm³/mol. The summed E-state index contributed by atoms with van der Waals surface area (Å²) in [5, 5.41) is 10.0. The molecule has 0 aliphatic rings. The van der Waals surface area contributed by atoms with Crippen molar-refractivity contribution >= 4 is 11.8 Å². The van der Waals surface area contributed by atoms with Gasteiger partial charge in [-0.25, -0.2) is 4.98 Å². The van der Waals surface area contributed by atoms with Crippen LogP contribution in [-0.4, -0.2) is 45.1 Å². The molecule has 8 nitrogen and oxygen atoms in total. The number of hydrogen-bond acceptors (Lipinski definition) is 8. The minimum absolute atomic E-state index is 0.514. The number of nitriles is 1. The number of methoxy groups -OCH3 is 5. The summed E-state index contributed by atoms with van der Waals surface area (Å²) in [4.78, 5) is 4.96. The molecule has 4 aromatic rings. The zero-order chi connectivity index (χ0) is 26.4. The molecular formula is C28H27N3O5S. The first-order valence-corrected chi connectivity index (χ1v) is 12.3. The number of thioether (sulfide) groups is 1. The summed E-state index contributed by atoms with van der Waals surface area (Å²) < 4.78 is 29.5. The van der Waals surface area contributed by atoms with Crippen LogP contribution in [0.4, 0.5) is 0 Å². The number of hydrogen-bond donors (Lipinski definition) is 0. The standard InChI is InChI=1S/C28H27N3O5S/c1-32-23-10-9-21(14-24(23)33-2)31-16-22(20-12-25(34-3)27(36-5)26(13-20)35-4)30-28(31)37-17-19-8-6-7-18(11-19)15-29/h6-14,16H,17H2,1-5H3. The lowest BCUT2D eigenvalue weighted by Crippen LogP contribution is -1.98. The van der Waals surface area contributed by atoms with Crippen molar-refractivity contribution in [1.82, 2.24) is 9.55 Å². The van der Waals surface area contributed by atoms with E-state index in [9.17, 15) is 5.26 Å². The third-order valence-electron chi connectivity index (χ3n) is 5.70. The van der Waals surface area contributed by atoms with Crippen LogP contribution < -0.4 is 23.7 Å². The largest absolute Gasteiger partial charge is 0.493 e. The Morgan fingerprint density at radius 3 is 2.14 bits per heavy atom. The summed E-state index contributed by atoms with van der Waals surface area (Å²) in [5.74, 6) is 3.48. The summed E-state index contributed by atoms with van der Waals surface area (Å²) >= 11 is 1.56. The molecule has 4 rings (SSSR count). The molecule has 3 aromatic carbocycles. The summed E-state index contributed by atoms with van der Waals surface area (Å²) in [6, 6.07) is 19.2. The summed E-state index contributed by atoms with van der Waals surface area (Å²) in [6.45, 7) is 0. The smallest absolute Gasteiger partial charge is 0.203 e.